The number of rotatable bonds is 6. The number of aryl methyl sites for hydroxylation is 2. The lowest BCUT2D eigenvalue weighted by molar-refractivity contribution is -0.122. The second kappa shape index (κ2) is 8.25. The van der Waals surface area contributed by atoms with E-state index in [2.05, 4.69) is 33.7 Å². The summed E-state index contributed by atoms with van der Waals surface area (Å²) in [5.74, 6) is 1.59. The normalized spacial score (nSPS) is 15.7. The number of carbonyl (C=O) groups excluding carboxylic acids is 1. The summed E-state index contributed by atoms with van der Waals surface area (Å²) in [4.78, 5) is 16.9. The maximum Gasteiger partial charge on any atom is 0.227 e. The number of fused-ring (bicyclic) bond motifs is 1. The molecular formula is C22H23N3O3. The SMILES string of the molecule is COc1ccccc1-c1noc(CCC(=O)N[C@H]2CCCc3ccccc32)n1. The lowest BCUT2D eigenvalue weighted by Crippen LogP contribution is -2.31. The molecule has 6 nitrogen and oxygen atoms in total. The molecule has 0 saturated carbocycles. The Kier molecular flexibility index (Phi) is 5.37. The van der Waals surface area contributed by atoms with Crippen LogP contribution in [-0.2, 0) is 17.6 Å². The maximum absolute atomic E-state index is 12.5. The zero-order valence-electron chi connectivity index (χ0n) is 15.9. The molecule has 1 N–H and O–H groups in total. The Balaban J connectivity index is 1.37. The van der Waals surface area contributed by atoms with Gasteiger partial charge in [-0.15, -0.1) is 0 Å². The van der Waals surface area contributed by atoms with Gasteiger partial charge in [0.05, 0.1) is 18.7 Å². The van der Waals surface area contributed by atoms with Crippen LogP contribution < -0.4 is 10.1 Å². The number of nitrogens with one attached hydrogen (secondary N) is 1. The molecule has 0 radical (unpaired) electrons. The first kappa shape index (κ1) is 18.2. The fraction of sp³-hybridized carbons (Fsp3) is 0.318. The molecule has 0 bridgehead atoms. The molecule has 0 unspecified atom stereocenters. The highest BCUT2D eigenvalue weighted by molar-refractivity contribution is 5.76. The number of ether oxygens (including phenoxy) is 1. The highest BCUT2D eigenvalue weighted by Gasteiger charge is 2.21. The monoisotopic (exact) mass is 377 g/mol. The van der Waals surface area contributed by atoms with Gasteiger partial charge in [0.2, 0.25) is 17.6 Å². The van der Waals surface area contributed by atoms with E-state index in [1.54, 1.807) is 7.11 Å². The van der Waals surface area contributed by atoms with Crippen LogP contribution >= 0.6 is 0 Å². The first-order valence-electron chi connectivity index (χ1n) is 9.57. The highest BCUT2D eigenvalue weighted by Crippen LogP contribution is 2.30. The third-order valence-corrected chi connectivity index (χ3v) is 5.09. The summed E-state index contributed by atoms with van der Waals surface area (Å²) in [6.45, 7) is 0. The Labute approximate surface area is 163 Å². The molecule has 1 aliphatic rings. The van der Waals surface area contributed by atoms with Crippen molar-refractivity contribution in [3.05, 3.63) is 65.5 Å². The van der Waals surface area contributed by atoms with E-state index in [0.717, 1.165) is 24.8 Å². The van der Waals surface area contributed by atoms with E-state index in [4.69, 9.17) is 9.26 Å². The third kappa shape index (κ3) is 3.91. The Hall–Kier alpha value is -3.15. The van der Waals surface area contributed by atoms with Crippen molar-refractivity contribution >= 4 is 5.91 Å². The van der Waals surface area contributed by atoms with Gasteiger partial charge in [0.25, 0.3) is 0 Å². The van der Waals surface area contributed by atoms with Gasteiger partial charge >= 0.3 is 0 Å². The van der Waals surface area contributed by atoms with Gasteiger partial charge in [-0.3, -0.25) is 4.79 Å². The fourth-order valence-corrected chi connectivity index (χ4v) is 3.69. The molecular weight excluding hydrogens is 354 g/mol. The first-order chi connectivity index (χ1) is 13.7. The number of amides is 1. The summed E-state index contributed by atoms with van der Waals surface area (Å²) in [6.07, 6.45) is 3.86. The van der Waals surface area contributed by atoms with E-state index in [0.29, 0.717) is 30.3 Å². The van der Waals surface area contributed by atoms with E-state index in [1.165, 1.54) is 11.1 Å². The number of carbonyl (C=O) groups is 1. The number of aromatic nitrogens is 2. The Morgan fingerprint density at radius 1 is 1.21 bits per heavy atom. The predicted octanol–water partition coefficient (Wildman–Crippen LogP) is 3.87. The smallest absolute Gasteiger partial charge is 0.227 e. The number of hydrogen-bond donors (Lipinski definition) is 1. The van der Waals surface area contributed by atoms with Crippen molar-refractivity contribution in [1.29, 1.82) is 0 Å². The molecule has 1 atom stereocenters. The predicted molar refractivity (Wildman–Crippen MR) is 105 cm³/mol. The van der Waals surface area contributed by atoms with Crippen molar-refractivity contribution in [2.24, 2.45) is 0 Å². The topological polar surface area (TPSA) is 77.2 Å². The Morgan fingerprint density at radius 2 is 2.04 bits per heavy atom. The average Bonchev–Trinajstić information content (AvgIpc) is 3.21. The molecule has 6 heteroatoms. The standard InChI is InChI=1S/C22H23N3O3/c1-27-19-12-5-4-10-17(19)22-24-21(28-25-22)14-13-20(26)23-18-11-6-8-15-7-2-3-9-16(15)18/h2-5,7,9-10,12,18H,6,8,11,13-14H2,1H3,(H,23,26)/t18-/m0/s1. The molecule has 0 aliphatic heterocycles. The highest BCUT2D eigenvalue weighted by atomic mass is 16.5. The lowest BCUT2D eigenvalue weighted by Gasteiger charge is -2.26. The van der Waals surface area contributed by atoms with Crippen molar-refractivity contribution in [1.82, 2.24) is 15.5 Å². The van der Waals surface area contributed by atoms with Crippen molar-refractivity contribution in [3.63, 3.8) is 0 Å². The maximum atomic E-state index is 12.5. The number of hydrogen-bond acceptors (Lipinski definition) is 5. The van der Waals surface area contributed by atoms with Gasteiger partial charge < -0.3 is 14.6 Å². The van der Waals surface area contributed by atoms with Crippen LogP contribution in [0, 0.1) is 0 Å². The fourth-order valence-electron chi connectivity index (χ4n) is 3.69. The molecule has 3 aromatic rings. The molecule has 2 aromatic carbocycles. The van der Waals surface area contributed by atoms with Crippen molar-refractivity contribution in [2.75, 3.05) is 7.11 Å². The lowest BCUT2D eigenvalue weighted by atomic mass is 9.87. The third-order valence-electron chi connectivity index (χ3n) is 5.09. The molecule has 144 valence electrons. The van der Waals surface area contributed by atoms with Crippen LogP contribution in [0.5, 0.6) is 5.75 Å². The molecule has 1 amide bonds. The summed E-state index contributed by atoms with van der Waals surface area (Å²) in [6, 6.07) is 15.9. The number of para-hydroxylation sites is 1. The van der Waals surface area contributed by atoms with E-state index in [1.807, 2.05) is 30.3 Å². The van der Waals surface area contributed by atoms with Gasteiger partial charge in [0.1, 0.15) is 5.75 Å². The quantitative estimate of drug-likeness (QED) is 0.706. The Morgan fingerprint density at radius 3 is 2.93 bits per heavy atom. The van der Waals surface area contributed by atoms with E-state index in [9.17, 15) is 4.79 Å². The van der Waals surface area contributed by atoms with Crippen LogP contribution in [0.1, 0.15) is 42.3 Å². The molecule has 0 saturated heterocycles. The van der Waals surface area contributed by atoms with Crippen LogP contribution in [0.25, 0.3) is 11.4 Å². The molecule has 4 rings (SSSR count). The van der Waals surface area contributed by atoms with Crippen molar-refractivity contribution < 1.29 is 14.1 Å². The summed E-state index contributed by atoms with van der Waals surface area (Å²) in [5.41, 5.74) is 3.33. The van der Waals surface area contributed by atoms with Crippen molar-refractivity contribution in [3.8, 4) is 17.1 Å². The van der Waals surface area contributed by atoms with E-state index in [-0.39, 0.29) is 11.9 Å². The second-order valence-electron chi connectivity index (χ2n) is 6.92. The van der Waals surface area contributed by atoms with Gasteiger partial charge in [-0.2, -0.15) is 4.98 Å². The zero-order chi connectivity index (χ0) is 19.3. The molecule has 0 fully saturated rings. The van der Waals surface area contributed by atoms with Gasteiger partial charge in [-0.05, 0) is 42.5 Å². The number of benzene rings is 2. The molecule has 1 aromatic heterocycles. The summed E-state index contributed by atoms with van der Waals surface area (Å²) in [7, 11) is 1.60. The van der Waals surface area contributed by atoms with Gasteiger partial charge in [0, 0.05) is 12.8 Å². The van der Waals surface area contributed by atoms with E-state index >= 15 is 0 Å². The van der Waals surface area contributed by atoms with Crippen LogP contribution in [-0.4, -0.2) is 23.2 Å². The van der Waals surface area contributed by atoms with Crippen LogP contribution in [0.4, 0.5) is 0 Å². The van der Waals surface area contributed by atoms with Gasteiger partial charge in [-0.1, -0.05) is 41.6 Å². The van der Waals surface area contributed by atoms with E-state index < -0.39 is 0 Å². The first-order valence-corrected chi connectivity index (χ1v) is 9.57. The number of methoxy groups -OCH3 is 1. The average molecular weight is 377 g/mol. The molecule has 1 heterocycles. The minimum Gasteiger partial charge on any atom is -0.496 e. The number of nitrogens with zero attached hydrogens (tertiary/aromatic N) is 2. The largest absolute Gasteiger partial charge is 0.496 e. The Bertz CT molecular complexity index is 967. The molecule has 0 spiro atoms. The van der Waals surface area contributed by atoms with Crippen LogP contribution in [0.15, 0.2) is 53.1 Å². The van der Waals surface area contributed by atoms with Crippen LogP contribution in [0.3, 0.4) is 0 Å². The summed E-state index contributed by atoms with van der Waals surface area (Å²) in [5, 5.41) is 7.17. The summed E-state index contributed by atoms with van der Waals surface area (Å²) >= 11 is 0. The van der Waals surface area contributed by atoms with Crippen LogP contribution in [0.2, 0.25) is 0 Å². The minimum atomic E-state index is -0.00116. The van der Waals surface area contributed by atoms with Gasteiger partial charge in [-0.25, -0.2) is 0 Å². The van der Waals surface area contributed by atoms with Crippen molar-refractivity contribution in [2.45, 2.75) is 38.1 Å². The van der Waals surface area contributed by atoms with Gasteiger partial charge in [0.15, 0.2) is 0 Å². The molecule has 1 aliphatic carbocycles. The molecule has 28 heavy (non-hydrogen) atoms. The second-order valence-corrected chi connectivity index (χ2v) is 6.92. The summed E-state index contributed by atoms with van der Waals surface area (Å²) < 4.78 is 10.7. The zero-order valence-corrected chi connectivity index (χ0v) is 15.9. The minimum absolute atomic E-state index is 0.00116.